The summed E-state index contributed by atoms with van der Waals surface area (Å²) in [5.74, 6) is 0.0701. The normalized spacial score (nSPS) is 12.0. The van der Waals surface area contributed by atoms with Crippen LogP contribution in [0.3, 0.4) is 0 Å². The maximum Gasteiger partial charge on any atom is 0.220 e. The summed E-state index contributed by atoms with van der Waals surface area (Å²) < 4.78 is 0. The van der Waals surface area contributed by atoms with Crippen molar-refractivity contribution in [2.75, 3.05) is 0 Å². The van der Waals surface area contributed by atoms with Gasteiger partial charge in [0.25, 0.3) is 0 Å². The highest BCUT2D eigenvalue weighted by Crippen LogP contribution is 2.17. The Morgan fingerprint density at radius 2 is 1.77 bits per heavy atom. The average Bonchev–Trinajstić information content (AvgIpc) is 2.49. The van der Waals surface area contributed by atoms with E-state index in [-0.39, 0.29) is 11.9 Å². The number of amides is 1. The molecule has 3 heteroatoms. The second-order valence-corrected chi connectivity index (χ2v) is 6.20. The predicted molar refractivity (Wildman–Crippen MR) is 92.2 cm³/mol. The van der Waals surface area contributed by atoms with Gasteiger partial charge in [0.1, 0.15) is 0 Å². The highest BCUT2D eigenvalue weighted by molar-refractivity contribution is 6.30. The van der Waals surface area contributed by atoms with Crippen LogP contribution < -0.4 is 5.32 Å². The van der Waals surface area contributed by atoms with E-state index < -0.39 is 0 Å². The number of rotatable bonds is 5. The first-order valence-corrected chi connectivity index (χ1v) is 7.94. The molecule has 0 heterocycles. The van der Waals surface area contributed by atoms with Crippen LogP contribution in [0, 0.1) is 13.8 Å². The second kappa shape index (κ2) is 7.46. The molecule has 1 atom stereocenters. The van der Waals surface area contributed by atoms with Gasteiger partial charge in [-0.15, -0.1) is 0 Å². The van der Waals surface area contributed by atoms with Gasteiger partial charge in [-0.25, -0.2) is 0 Å². The molecule has 0 aliphatic heterocycles. The molecule has 0 saturated carbocycles. The number of nitrogens with one attached hydrogen (secondary N) is 1. The Morgan fingerprint density at radius 3 is 2.41 bits per heavy atom. The van der Waals surface area contributed by atoms with Crippen molar-refractivity contribution >= 4 is 17.5 Å². The summed E-state index contributed by atoms with van der Waals surface area (Å²) in [5.41, 5.74) is 4.78. The zero-order chi connectivity index (χ0) is 16.1. The number of carbonyl (C=O) groups is 1. The standard InChI is InChI=1S/C19H22ClNO/c1-13-4-8-17(12-14(13)2)15(3)21-19(22)11-7-16-5-9-18(20)10-6-16/h4-6,8-10,12,15H,7,11H2,1-3H3,(H,21,22)/t15-/m0/s1. The Morgan fingerprint density at radius 1 is 1.09 bits per heavy atom. The molecule has 22 heavy (non-hydrogen) atoms. The summed E-state index contributed by atoms with van der Waals surface area (Å²) >= 11 is 5.86. The molecule has 0 fully saturated rings. The SMILES string of the molecule is Cc1ccc([C@H](C)NC(=O)CCc2ccc(Cl)cc2)cc1C. The highest BCUT2D eigenvalue weighted by Gasteiger charge is 2.10. The van der Waals surface area contributed by atoms with E-state index >= 15 is 0 Å². The Balaban J connectivity index is 1.88. The van der Waals surface area contributed by atoms with Crippen LogP contribution in [0.15, 0.2) is 42.5 Å². The van der Waals surface area contributed by atoms with Crippen LogP contribution in [0.2, 0.25) is 5.02 Å². The molecule has 0 spiro atoms. The molecule has 0 bridgehead atoms. The van der Waals surface area contributed by atoms with Gasteiger partial charge >= 0.3 is 0 Å². The molecule has 0 saturated heterocycles. The van der Waals surface area contributed by atoms with E-state index in [1.165, 1.54) is 11.1 Å². The third kappa shape index (κ3) is 4.60. The first-order chi connectivity index (χ1) is 10.5. The largest absolute Gasteiger partial charge is 0.350 e. The molecule has 0 unspecified atom stereocenters. The van der Waals surface area contributed by atoms with Crippen LogP contribution in [-0.2, 0) is 11.2 Å². The number of hydrogen-bond donors (Lipinski definition) is 1. The van der Waals surface area contributed by atoms with Crippen LogP contribution >= 0.6 is 11.6 Å². The fourth-order valence-electron chi connectivity index (χ4n) is 2.34. The van der Waals surface area contributed by atoms with Gasteiger partial charge in [-0.05, 0) is 61.6 Å². The van der Waals surface area contributed by atoms with Gasteiger partial charge in [0.2, 0.25) is 5.91 Å². The number of halogens is 1. The number of carbonyl (C=O) groups excluding carboxylic acids is 1. The van der Waals surface area contributed by atoms with Gasteiger partial charge in [-0.3, -0.25) is 4.79 Å². The molecule has 0 aliphatic rings. The van der Waals surface area contributed by atoms with E-state index in [4.69, 9.17) is 11.6 Å². The fourth-order valence-corrected chi connectivity index (χ4v) is 2.47. The molecular weight excluding hydrogens is 294 g/mol. The number of aryl methyl sites for hydroxylation is 3. The van der Waals surface area contributed by atoms with Crippen molar-refractivity contribution in [2.24, 2.45) is 0 Å². The summed E-state index contributed by atoms with van der Waals surface area (Å²) in [6.07, 6.45) is 1.21. The zero-order valence-electron chi connectivity index (χ0n) is 13.3. The number of hydrogen-bond acceptors (Lipinski definition) is 1. The smallest absolute Gasteiger partial charge is 0.220 e. The molecule has 2 aromatic carbocycles. The van der Waals surface area contributed by atoms with Crippen LogP contribution in [0.5, 0.6) is 0 Å². The van der Waals surface area contributed by atoms with Crippen LogP contribution in [0.4, 0.5) is 0 Å². The van der Waals surface area contributed by atoms with Crippen LogP contribution in [-0.4, -0.2) is 5.91 Å². The molecule has 2 rings (SSSR count). The quantitative estimate of drug-likeness (QED) is 0.846. The van der Waals surface area contributed by atoms with Gasteiger partial charge in [0.05, 0.1) is 6.04 Å². The minimum Gasteiger partial charge on any atom is -0.350 e. The minimum atomic E-state index is 0.0250. The van der Waals surface area contributed by atoms with Gasteiger partial charge in [-0.2, -0.15) is 0 Å². The highest BCUT2D eigenvalue weighted by atomic mass is 35.5. The lowest BCUT2D eigenvalue weighted by molar-refractivity contribution is -0.121. The third-order valence-corrected chi connectivity index (χ3v) is 4.21. The first kappa shape index (κ1) is 16.6. The maximum absolute atomic E-state index is 12.1. The topological polar surface area (TPSA) is 29.1 Å². The lowest BCUT2D eigenvalue weighted by Gasteiger charge is -2.15. The molecule has 2 aromatic rings. The molecule has 0 radical (unpaired) electrons. The molecule has 1 N–H and O–H groups in total. The average molecular weight is 316 g/mol. The van der Waals surface area contributed by atoms with E-state index in [0.717, 1.165) is 22.6 Å². The predicted octanol–water partition coefficient (Wildman–Crippen LogP) is 4.77. The lowest BCUT2D eigenvalue weighted by Crippen LogP contribution is -2.26. The molecule has 116 valence electrons. The Hall–Kier alpha value is -1.80. The van der Waals surface area contributed by atoms with E-state index in [0.29, 0.717) is 6.42 Å². The summed E-state index contributed by atoms with van der Waals surface area (Å²) in [4.78, 5) is 12.1. The van der Waals surface area contributed by atoms with E-state index in [9.17, 15) is 4.79 Å². The Bertz CT molecular complexity index is 649. The monoisotopic (exact) mass is 315 g/mol. The molecular formula is C19H22ClNO. The van der Waals surface area contributed by atoms with E-state index in [1.807, 2.05) is 31.2 Å². The Kier molecular flexibility index (Phi) is 5.62. The summed E-state index contributed by atoms with van der Waals surface area (Å²) in [5, 5.41) is 3.78. The van der Waals surface area contributed by atoms with Gasteiger partial charge in [-0.1, -0.05) is 41.9 Å². The fraction of sp³-hybridized carbons (Fsp3) is 0.316. The summed E-state index contributed by atoms with van der Waals surface area (Å²) in [7, 11) is 0. The van der Waals surface area contributed by atoms with Crippen molar-refractivity contribution in [3.8, 4) is 0 Å². The maximum atomic E-state index is 12.1. The van der Waals surface area contributed by atoms with Crippen molar-refractivity contribution in [3.63, 3.8) is 0 Å². The van der Waals surface area contributed by atoms with Crippen LogP contribution in [0.25, 0.3) is 0 Å². The summed E-state index contributed by atoms with van der Waals surface area (Å²) in [6.45, 7) is 6.20. The van der Waals surface area contributed by atoms with Crippen molar-refractivity contribution < 1.29 is 4.79 Å². The molecule has 0 aromatic heterocycles. The van der Waals surface area contributed by atoms with E-state index in [1.54, 1.807) is 0 Å². The second-order valence-electron chi connectivity index (χ2n) is 5.76. The molecule has 2 nitrogen and oxygen atoms in total. The van der Waals surface area contributed by atoms with Gasteiger partial charge in [0, 0.05) is 11.4 Å². The van der Waals surface area contributed by atoms with Gasteiger partial charge in [0.15, 0.2) is 0 Å². The third-order valence-electron chi connectivity index (χ3n) is 3.96. The summed E-state index contributed by atoms with van der Waals surface area (Å²) in [6, 6.07) is 14.0. The zero-order valence-corrected chi connectivity index (χ0v) is 14.1. The van der Waals surface area contributed by atoms with Crippen molar-refractivity contribution in [1.82, 2.24) is 5.32 Å². The molecule has 1 amide bonds. The van der Waals surface area contributed by atoms with E-state index in [2.05, 4.69) is 37.4 Å². The van der Waals surface area contributed by atoms with Crippen LogP contribution in [0.1, 0.15) is 41.6 Å². The van der Waals surface area contributed by atoms with Crippen molar-refractivity contribution in [3.05, 3.63) is 69.7 Å². The van der Waals surface area contributed by atoms with Gasteiger partial charge < -0.3 is 5.32 Å². The number of benzene rings is 2. The Labute approximate surface area is 137 Å². The minimum absolute atomic E-state index is 0.0250. The first-order valence-electron chi connectivity index (χ1n) is 7.56. The van der Waals surface area contributed by atoms with Crippen molar-refractivity contribution in [2.45, 2.75) is 39.7 Å². The molecule has 0 aliphatic carbocycles. The van der Waals surface area contributed by atoms with Crippen molar-refractivity contribution in [1.29, 1.82) is 0 Å². The lowest BCUT2D eigenvalue weighted by atomic mass is 10.0.